The summed E-state index contributed by atoms with van der Waals surface area (Å²) in [6.45, 7) is 2.19. The van der Waals surface area contributed by atoms with Gasteiger partial charge in [0.2, 0.25) is 5.56 Å². The predicted octanol–water partition coefficient (Wildman–Crippen LogP) is 2.64. The number of nitrogens with zero attached hydrogens (tertiary/aromatic N) is 3. The van der Waals surface area contributed by atoms with Crippen molar-refractivity contribution in [2.45, 2.75) is 32.6 Å². The Morgan fingerprint density at radius 2 is 2.11 bits per heavy atom. The highest BCUT2D eigenvalue weighted by Crippen LogP contribution is 2.23. The molecule has 0 aromatic carbocycles. The fourth-order valence-electron chi connectivity index (χ4n) is 1.72. The predicted molar refractivity (Wildman–Crippen MR) is 73.8 cm³/mol. The molecule has 18 heavy (non-hydrogen) atoms. The van der Waals surface area contributed by atoms with Gasteiger partial charge in [-0.2, -0.15) is 0 Å². The zero-order chi connectivity index (χ0) is 13.0. The molecule has 0 aliphatic heterocycles. The third-order valence-corrected chi connectivity index (χ3v) is 3.83. The number of hydrogen-bond donors (Lipinski definition) is 0. The van der Waals surface area contributed by atoms with Crippen molar-refractivity contribution in [1.82, 2.24) is 14.8 Å². The summed E-state index contributed by atoms with van der Waals surface area (Å²) in [5.74, 6) is 0. The zero-order valence-corrected chi connectivity index (χ0v) is 11.5. The summed E-state index contributed by atoms with van der Waals surface area (Å²) in [4.78, 5) is 11.3. The Hall–Kier alpha value is -1.49. The molecule has 0 saturated carbocycles. The molecule has 2 rings (SSSR count). The Balaban J connectivity index is 2.13. The van der Waals surface area contributed by atoms with Crippen molar-refractivity contribution >= 4 is 11.3 Å². The third-order valence-electron chi connectivity index (χ3n) is 2.79. The van der Waals surface area contributed by atoms with Crippen LogP contribution in [0.2, 0.25) is 0 Å². The minimum Gasteiger partial charge on any atom is -0.318 e. The molecule has 2 aromatic heterocycles. The second-order valence-electron chi connectivity index (χ2n) is 4.32. The van der Waals surface area contributed by atoms with Gasteiger partial charge in [0.1, 0.15) is 10.0 Å². The summed E-state index contributed by atoms with van der Waals surface area (Å²) in [6.07, 6.45) is 6.41. The van der Waals surface area contributed by atoms with Gasteiger partial charge >= 0.3 is 0 Å². The maximum atomic E-state index is 11.3. The highest BCUT2D eigenvalue weighted by Gasteiger charge is 2.07. The van der Waals surface area contributed by atoms with Gasteiger partial charge in [-0.25, -0.2) is 0 Å². The van der Waals surface area contributed by atoms with Crippen LogP contribution in [0.5, 0.6) is 0 Å². The lowest BCUT2D eigenvalue weighted by Gasteiger charge is -1.98. The smallest absolute Gasteiger partial charge is 0.250 e. The largest absolute Gasteiger partial charge is 0.318 e. The maximum Gasteiger partial charge on any atom is 0.250 e. The first-order valence-corrected chi connectivity index (χ1v) is 7.02. The summed E-state index contributed by atoms with van der Waals surface area (Å²) in [7, 11) is 1.75. The van der Waals surface area contributed by atoms with E-state index in [1.165, 1.54) is 19.3 Å². The number of rotatable bonds is 5. The van der Waals surface area contributed by atoms with E-state index in [1.807, 2.05) is 0 Å². The molecule has 0 spiro atoms. The minimum atomic E-state index is -0.00793. The highest BCUT2D eigenvalue weighted by molar-refractivity contribution is 7.14. The van der Waals surface area contributed by atoms with Crippen molar-refractivity contribution in [3.63, 3.8) is 0 Å². The summed E-state index contributed by atoms with van der Waals surface area (Å²) >= 11 is 1.61. The average molecular weight is 263 g/mol. The summed E-state index contributed by atoms with van der Waals surface area (Å²) in [5, 5.41) is 10.3. The lowest BCUT2D eigenvalue weighted by atomic mass is 10.2. The number of hydrogen-bond acceptors (Lipinski definition) is 4. The Morgan fingerprint density at radius 3 is 2.83 bits per heavy atom. The van der Waals surface area contributed by atoms with E-state index in [0.29, 0.717) is 0 Å². The molecular formula is C13H17N3OS. The summed E-state index contributed by atoms with van der Waals surface area (Å²) in [6, 6.07) is 3.37. The summed E-state index contributed by atoms with van der Waals surface area (Å²) in [5.41, 5.74) is 0.947. The molecule has 0 bridgehead atoms. The zero-order valence-electron chi connectivity index (χ0n) is 10.7. The SMILES string of the molecule is CCCCCc1nnc(-c2ccc(=O)n(C)c2)s1. The highest BCUT2D eigenvalue weighted by atomic mass is 32.1. The molecule has 0 N–H and O–H groups in total. The van der Waals surface area contributed by atoms with Gasteiger partial charge in [0.05, 0.1) is 0 Å². The van der Waals surface area contributed by atoms with E-state index in [-0.39, 0.29) is 5.56 Å². The molecule has 0 aliphatic carbocycles. The van der Waals surface area contributed by atoms with Crippen LogP contribution >= 0.6 is 11.3 Å². The molecule has 0 radical (unpaired) electrons. The van der Waals surface area contributed by atoms with Gasteiger partial charge in [-0.15, -0.1) is 10.2 Å². The van der Waals surface area contributed by atoms with Crippen molar-refractivity contribution in [1.29, 1.82) is 0 Å². The van der Waals surface area contributed by atoms with Crippen LogP contribution in [0.3, 0.4) is 0 Å². The van der Waals surface area contributed by atoms with Crippen molar-refractivity contribution in [2.24, 2.45) is 7.05 Å². The first kappa shape index (κ1) is 13.0. The fraction of sp³-hybridized carbons (Fsp3) is 0.462. The molecule has 0 saturated heterocycles. The van der Waals surface area contributed by atoms with Gasteiger partial charge in [0, 0.05) is 31.3 Å². The van der Waals surface area contributed by atoms with E-state index < -0.39 is 0 Å². The third kappa shape index (κ3) is 3.04. The molecule has 4 nitrogen and oxygen atoms in total. The first-order chi connectivity index (χ1) is 8.70. The Morgan fingerprint density at radius 1 is 1.28 bits per heavy atom. The van der Waals surface area contributed by atoms with Crippen LogP contribution in [0.1, 0.15) is 31.2 Å². The van der Waals surface area contributed by atoms with Crippen LogP contribution in [-0.4, -0.2) is 14.8 Å². The lowest BCUT2D eigenvalue weighted by molar-refractivity contribution is 0.710. The molecular weight excluding hydrogens is 246 g/mol. The normalized spacial score (nSPS) is 10.8. The van der Waals surface area contributed by atoms with E-state index in [0.717, 1.165) is 22.0 Å². The second-order valence-corrected chi connectivity index (χ2v) is 5.39. The Labute approximate surface area is 110 Å². The van der Waals surface area contributed by atoms with E-state index in [4.69, 9.17) is 0 Å². The van der Waals surface area contributed by atoms with Gasteiger partial charge in [0.25, 0.3) is 0 Å². The van der Waals surface area contributed by atoms with Crippen LogP contribution in [0, 0.1) is 0 Å². The topological polar surface area (TPSA) is 47.8 Å². The molecule has 0 aliphatic rings. The van der Waals surface area contributed by atoms with E-state index >= 15 is 0 Å². The molecule has 0 unspecified atom stereocenters. The number of unbranched alkanes of at least 4 members (excludes halogenated alkanes) is 2. The molecule has 2 heterocycles. The van der Waals surface area contributed by atoms with Crippen molar-refractivity contribution in [2.75, 3.05) is 0 Å². The first-order valence-electron chi connectivity index (χ1n) is 6.20. The quantitative estimate of drug-likeness (QED) is 0.779. The lowest BCUT2D eigenvalue weighted by Crippen LogP contribution is -2.13. The van der Waals surface area contributed by atoms with Gasteiger partial charge in [-0.05, 0) is 12.5 Å². The summed E-state index contributed by atoms with van der Waals surface area (Å²) < 4.78 is 1.56. The average Bonchev–Trinajstić information content (AvgIpc) is 2.82. The van der Waals surface area contributed by atoms with Gasteiger partial charge in [-0.1, -0.05) is 31.1 Å². The van der Waals surface area contributed by atoms with Crippen LogP contribution in [-0.2, 0) is 13.5 Å². The molecule has 0 atom stereocenters. The fourth-order valence-corrected chi connectivity index (χ4v) is 2.59. The van der Waals surface area contributed by atoms with E-state index in [9.17, 15) is 4.79 Å². The van der Waals surface area contributed by atoms with E-state index in [1.54, 1.807) is 41.3 Å². The monoisotopic (exact) mass is 263 g/mol. The molecule has 0 fully saturated rings. The van der Waals surface area contributed by atoms with Crippen molar-refractivity contribution in [3.05, 3.63) is 33.7 Å². The number of pyridine rings is 1. The van der Waals surface area contributed by atoms with Crippen molar-refractivity contribution < 1.29 is 0 Å². The van der Waals surface area contributed by atoms with E-state index in [2.05, 4.69) is 17.1 Å². The Bertz CT molecular complexity index is 574. The Kier molecular flexibility index (Phi) is 4.25. The maximum absolute atomic E-state index is 11.3. The number of aryl methyl sites for hydroxylation is 2. The van der Waals surface area contributed by atoms with Crippen molar-refractivity contribution in [3.8, 4) is 10.6 Å². The minimum absolute atomic E-state index is 0.00793. The van der Waals surface area contributed by atoms with Gasteiger partial charge in [-0.3, -0.25) is 4.79 Å². The van der Waals surface area contributed by atoms with Crippen LogP contribution in [0.15, 0.2) is 23.1 Å². The van der Waals surface area contributed by atoms with Crippen LogP contribution in [0.25, 0.3) is 10.6 Å². The molecule has 96 valence electrons. The second kappa shape index (κ2) is 5.91. The standard InChI is InChI=1S/C13H17N3OS/c1-3-4-5-6-11-14-15-13(18-11)10-7-8-12(17)16(2)9-10/h7-9H,3-6H2,1-2H3. The molecule has 0 amide bonds. The molecule has 5 heteroatoms. The van der Waals surface area contributed by atoms with Crippen LogP contribution in [0.4, 0.5) is 0 Å². The van der Waals surface area contributed by atoms with Crippen LogP contribution < -0.4 is 5.56 Å². The molecule has 2 aromatic rings. The van der Waals surface area contributed by atoms with Gasteiger partial charge in [0.15, 0.2) is 0 Å². The number of aromatic nitrogens is 3. The van der Waals surface area contributed by atoms with Gasteiger partial charge < -0.3 is 4.57 Å².